The van der Waals surface area contributed by atoms with Gasteiger partial charge in [0.25, 0.3) is 0 Å². The third-order valence-corrected chi connectivity index (χ3v) is 2.71. The van der Waals surface area contributed by atoms with Crippen molar-refractivity contribution < 1.29 is 4.74 Å². The molecule has 0 unspecified atom stereocenters. The van der Waals surface area contributed by atoms with Crippen molar-refractivity contribution in [1.82, 2.24) is 0 Å². The number of hydrogen-bond acceptors (Lipinski definition) is 2. The van der Waals surface area contributed by atoms with Crippen LogP contribution in [0.4, 0.5) is 5.69 Å². The monoisotopic (exact) mass is 235 g/mol. The van der Waals surface area contributed by atoms with Crippen LogP contribution in [0.25, 0.3) is 0 Å². The Balaban J connectivity index is 1.85. The van der Waals surface area contributed by atoms with Crippen molar-refractivity contribution in [2.24, 2.45) is 0 Å². The fraction of sp³-hybridized carbons (Fsp3) is 0.600. The molecule has 17 heavy (non-hydrogen) atoms. The van der Waals surface area contributed by atoms with E-state index in [1.165, 1.54) is 31.4 Å². The minimum atomic E-state index is 0.867. The average Bonchev–Trinajstić information content (AvgIpc) is 2.38. The number of para-hydroxylation sites is 1. The lowest BCUT2D eigenvalue weighted by molar-refractivity contribution is 0.129. The van der Waals surface area contributed by atoms with Crippen molar-refractivity contribution >= 4 is 5.69 Å². The van der Waals surface area contributed by atoms with E-state index in [1.807, 2.05) is 18.2 Å². The van der Waals surface area contributed by atoms with Gasteiger partial charge in [-0.1, -0.05) is 44.4 Å². The smallest absolute Gasteiger partial charge is 0.0482 e. The minimum absolute atomic E-state index is 0.867. The summed E-state index contributed by atoms with van der Waals surface area (Å²) in [6.45, 7) is 5.01. The zero-order valence-corrected chi connectivity index (χ0v) is 11.0. The van der Waals surface area contributed by atoms with Gasteiger partial charge in [-0.05, 0) is 25.0 Å². The van der Waals surface area contributed by atoms with E-state index in [0.717, 1.165) is 26.2 Å². The Morgan fingerprint density at radius 2 is 1.71 bits per heavy atom. The first-order chi connectivity index (χ1) is 8.43. The van der Waals surface area contributed by atoms with E-state index in [4.69, 9.17) is 4.74 Å². The van der Waals surface area contributed by atoms with E-state index >= 15 is 0 Å². The fourth-order valence-electron chi connectivity index (χ4n) is 1.70. The molecule has 0 aliphatic heterocycles. The van der Waals surface area contributed by atoms with Gasteiger partial charge in [0.2, 0.25) is 0 Å². The van der Waals surface area contributed by atoms with Gasteiger partial charge >= 0.3 is 0 Å². The van der Waals surface area contributed by atoms with Crippen LogP contribution >= 0.6 is 0 Å². The van der Waals surface area contributed by atoms with Gasteiger partial charge in [-0.15, -0.1) is 0 Å². The normalized spacial score (nSPS) is 10.4. The van der Waals surface area contributed by atoms with E-state index < -0.39 is 0 Å². The molecule has 0 radical (unpaired) electrons. The Hall–Kier alpha value is -1.02. The molecule has 0 saturated carbocycles. The second-order valence-electron chi connectivity index (χ2n) is 4.32. The molecule has 1 N–H and O–H groups in total. The topological polar surface area (TPSA) is 21.3 Å². The van der Waals surface area contributed by atoms with Crippen LogP contribution in [0, 0.1) is 0 Å². The first-order valence-corrected chi connectivity index (χ1v) is 6.80. The Morgan fingerprint density at radius 1 is 0.941 bits per heavy atom. The largest absolute Gasteiger partial charge is 0.385 e. The second-order valence-corrected chi connectivity index (χ2v) is 4.32. The molecule has 0 heterocycles. The lowest BCUT2D eigenvalue weighted by Crippen LogP contribution is -2.06. The third-order valence-electron chi connectivity index (χ3n) is 2.71. The van der Waals surface area contributed by atoms with Crippen molar-refractivity contribution in [3.8, 4) is 0 Å². The zero-order valence-electron chi connectivity index (χ0n) is 11.0. The second kappa shape index (κ2) is 10.2. The van der Waals surface area contributed by atoms with Gasteiger partial charge in [0.05, 0.1) is 0 Å². The third kappa shape index (κ3) is 7.81. The first-order valence-electron chi connectivity index (χ1n) is 6.80. The maximum Gasteiger partial charge on any atom is 0.0482 e. The quantitative estimate of drug-likeness (QED) is 0.617. The number of unbranched alkanes of at least 4 members (excludes halogenated alkanes) is 3. The maximum absolute atomic E-state index is 5.58. The van der Waals surface area contributed by atoms with Crippen LogP contribution in [-0.2, 0) is 4.74 Å². The van der Waals surface area contributed by atoms with Crippen molar-refractivity contribution in [2.45, 2.75) is 39.0 Å². The van der Waals surface area contributed by atoms with Crippen LogP contribution in [0.3, 0.4) is 0 Å². The lowest BCUT2D eigenvalue weighted by Gasteiger charge is -2.06. The summed E-state index contributed by atoms with van der Waals surface area (Å²) < 4.78 is 5.58. The summed E-state index contributed by atoms with van der Waals surface area (Å²) in [6.07, 6.45) is 6.21. The van der Waals surface area contributed by atoms with E-state index in [0.29, 0.717) is 0 Å². The van der Waals surface area contributed by atoms with Crippen LogP contribution in [-0.4, -0.2) is 19.8 Å². The van der Waals surface area contributed by atoms with Gasteiger partial charge in [-0.25, -0.2) is 0 Å². The molecule has 0 spiro atoms. The highest BCUT2D eigenvalue weighted by molar-refractivity contribution is 5.42. The molecule has 0 amide bonds. The van der Waals surface area contributed by atoms with E-state index in [9.17, 15) is 0 Å². The van der Waals surface area contributed by atoms with Crippen LogP contribution in [0.2, 0.25) is 0 Å². The Labute approximate surface area is 105 Å². The van der Waals surface area contributed by atoms with E-state index in [1.54, 1.807) is 0 Å². The Bertz CT molecular complexity index is 261. The summed E-state index contributed by atoms with van der Waals surface area (Å²) in [5.41, 5.74) is 1.19. The molecule has 1 rings (SSSR count). The van der Waals surface area contributed by atoms with Crippen LogP contribution in [0.1, 0.15) is 39.0 Å². The summed E-state index contributed by atoms with van der Waals surface area (Å²) in [5, 5.41) is 3.38. The van der Waals surface area contributed by atoms with Crippen molar-refractivity contribution in [3.05, 3.63) is 30.3 Å². The van der Waals surface area contributed by atoms with Crippen LogP contribution < -0.4 is 5.32 Å². The zero-order chi connectivity index (χ0) is 12.2. The molecule has 1 aromatic carbocycles. The predicted octanol–water partition coefficient (Wildman–Crippen LogP) is 4.09. The molecule has 96 valence electrons. The summed E-state index contributed by atoms with van der Waals surface area (Å²) in [5.74, 6) is 0. The average molecular weight is 235 g/mol. The first kappa shape index (κ1) is 14.0. The van der Waals surface area contributed by atoms with Gasteiger partial charge in [0.15, 0.2) is 0 Å². The lowest BCUT2D eigenvalue weighted by atomic mass is 10.2. The maximum atomic E-state index is 5.58. The number of nitrogens with one attached hydrogen (secondary N) is 1. The Kier molecular flexibility index (Phi) is 8.39. The summed E-state index contributed by atoms with van der Waals surface area (Å²) >= 11 is 0. The number of rotatable bonds is 10. The highest BCUT2D eigenvalue weighted by Gasteiger charge is 1.91. The molecule has 0 atom stereocenters. The minimum Gasteiger partial charge on any atom is -0.385 e. The van der Waals surface area contributed by atoms with Gasteiger partial charge in [-0.2, -0.15) is 0 Å². The van der Waals surface area contributed by atoms with Gasteiger partial charge < -0.3 is 10.1 Å². The fourth-order valence-corrected chi connectivity index (χ4v) is 1.70. The van der Waals surface area contributed by atoms with Gasteiger partial charge in [-0.3, -0.25) is 0 Å². The predicted molar refractivity (Wildman–Crippen MR) is 74.5 cm³/mol. The number of hydrogen-bond donors (Lipinski definition) is 1. The van der Waals surface area contributed by atoms with Crippen molar-refractivity contribution in [3.63, 3.8) is 0 Å². The molecule has 0 aliphatic rings. The highest BCUT2D eigenvalue weighted by Crippen LogP contribution is 2.04. The summed E-state index contributed by atoms with van der Waals surface area (Å²) in [7, 11) is 0. The molecule has 0 aromatic heterocycles. The summed E-state index contributed by atoms with van der Waals surface area (Å²) in [4.78, 5) is 0. The molecule has 0 fully saturated rings. The molecule has 2 heteroatoms. The molecule has 1 aromatic rings. The van der Waals surface area contributed by atoms with Crippen LogP contribution in [0.5, 0.6) is 0 Å². The number of anilines is 1. The van der Waals surface area contributed by atoms with Crippen molar-refractivity contribution in [1.29, 1.82) is 0 Å². The molecule has 0 aliphatic carbocycles. The van der Waals surface area contributed by atoms with E-state index in [-0.39, 0.29) is 0 Å². The standard InChI is InChI=1S/C15H25NO/c1-2-3-4-8-13-17-14-9-12-16-15-10-6-5-7-11-15/h5-7,10-11,16H,2-4,8-9,12-14H2,1H3. The molecule has 0 saturated heterocycles. The van der Waals surface area contributed by atoms with Gasteiger partial charge in [0.1, 0.15) is 0 Å². The molecule has 2 nitrogen and oxygen atoms in total. The summed E-state index contributed by atoms with van der Waals surface area (Å²) in [6, 6.07) is 10.3. The highest BCUT2D eigenvalue weighted by atomic mass is 16.5. The van der Waals surface area contributed by atoms with Gasteiger partial charge in [0, 0.05) is 25.4 Å². The molecular weight excluding hydrogens is 210 g/mol. The van der Waals surface area contributed by atoms with E-state index in [2.05, 4.69) is 24.4 Å². The van der Waals surface area contributed by atoms with Crippen molar-refractivity contribution in [2.75, 3.05) is 25.1 Å². The molecular formula is C15H25NO. The van der Waals surface area contributed by atoms with Crippen LogP contribution in [0.15, 0.2) is 30.3 Å². The molecule has 0 bridgehead atoms. The SMILES string of the molecule is CCCCCCOCCCNc1ccccc1. The number of ether oxygens (including phenoxy) is 1. The number of benzene rings is 1. The Morgan fingerprint density at radius 3 is 2.47 bits per heavy atom.